The van der Waals surface area contributed by atoms with Crippen LogP contribution in [0.3, 0.4) is 0 Å². The van der Waals surface area contributed by atoms with E-state index in [0.717, 1.165) is 20.7 Å². The van der Waals surface area contributed by atoms with E-state index in [4.69, 9.17) is 23.7 Å². The number of thiophene rings is 1. The van der Waals surface area contributed by atoms with Crippen LogP contribution in [0.2, 0.25) is 0 Å². The van der Waals surface area contributed by atoms with E-state index in [2.05, 4.69) is 0 Å². The summed E-state index contributed by atoms with van der Waals surface area (Å²) in [5.41, 5.74) is 0. The SMILES string of the molecule is CCOC(=O)CCc1sc2cc(OC)c(OC)cc2c1Oc1ccc(OC)cc1. The molecule has 0 aliphatic rings. The molecule has 154 valence electrons. The molecule has 0 unspecified atom stereocenters. The highest BCUT2D eigenvalue weighted by atomic mass is 32.1. The molecule has 0 fully saturated rings. The van der Waals surface area contributed by atoms with Gasteiger partial charge >= 0.3 is 5.97 Å². The van der Waals surface area contributed by atoms with E-state index < -0.39 is 0 Å². The first-order chi connectivity index (χ1) is 14.1. The average molecular weight is 416 g/mol. The van der Waals surface area contributed by atoms with E-state index in [9.17, 15) is 4.79 Å². The van der Waals surface area contributed by atoms with E-state index in [1.165, 1.54) is 0 Å². The zero-order valence-corrected chi connectivity index (χ0v) is 17.8. The van der Waals surface area contributed by atoms with Gasteiger partial charge in [0.25, 0.3) is 0 Å². The number of hydrogen-bond donors (Lipinski definition) is 0. The van der Waals surface area contributed by atoms with Crippen molar-refractivity contribution in [1.82, 2.24) is 0 Å². The Morgan fingerprint density at radius 1 is 0.931 bits per heavy atom. The molecule has 0 atom stereocenters. The number of carbonyl (C=O) groups is 1. The summed E-state index contributed by atoms with van der Waals surface area (Å²) < 4.78 is 28.4. The van der Waals surface area contributed by atoms with Gasteiger partial charge in [-0.1, -0.05) is 0 Å². The van der Waals surface area contributed by atoms with Gasteiger partial charge in [-0.15, -0.1) is 11.3 Å². The fourth-order valence-corrected chi connectivity index (χ4v) is 4.08. The Kier molecular flexibility index (Phi) is 6.82. The average Bonchev–Trinajstić information content (AvgIpc) is 3.08. The largest absolute Gasteiger partial charge is 0.497 e. The third-order valence-electron chi connectivity index (χ3n) is 4.36. The Labute approximate surface area is 173 Å². The van der Waals surface area contributed by atoms with E-state index in [1.807, 2.05) is 36.4 Å². The third kappa shape index (κ3) is 4.74. The highest BCUT2D eigenvalue weighted by molar-refractivity contribution is 7.19. The molecule has 7 heteroatoms. The van der Waals surface area contributed by atoms with E-state index in [1.54, 1.807) is 39.6 Å². The molecule has 0 amide bonds. The Morgan fingerprint density at radius 2 is 1.59 bits per heavy atom. The Balaban J connectivity index is 2.01. The van der Waals surface area contributed by atoms with Crippen molar-refractivity contribution in [3.05, 3.63) is 41.3 Å². The molecule has 29 heavy (non-hydrogen) atoms. The standard InChI is InChI=1S/C22H24O6S/c1-5-27-21(23)11-10-19-22(28-15-8-6-14(24-2)7-9-15)16-12-17(25-3)18(26-4)13-20(16)29-19/h6-9,12-13H,5,10-11H2,1-4H3. The van der Waals surface area contributed by atoms with Crippen LogP contribution < -0.4 is 18.9 Å². The first-order valence-corrected chi connectivity index (χ1v) is 10.1. The van der Waals surface area contributed by atoms with Gasteiger partial charge in [0.2, 0.25) is 0 Å². The summed E-state index contributed by atoms with van der Waals surface area (Å²) in [4.78, 5) is 12.8. The molecule has 0 aliphatic heterocycles. The number of aryl methyl sites for hydroxylation is 1. The van der Waals surface area contributed by atoms with Crippen molar-refractivity contribution >= 4 is 27.4 Å². The summed E-state index contributed by atoms with van der Waals surface area (Å²) in [6.07, 6.45) is 0.808. The Hall–Kier alpha value is -2.93. The first-order valence-electron chi connectivity index (χ1n) is 9.24. The number of fused-ring (bicyclic) bond motifs is 1. The van der Waals surface area contributed by atoms with Crippen molar-refractivity contribution in [3.8, 4) is 28.7 Å². The van der Waals surface area contributed by atoms with Gasteiger partial charge in [0.05, 0.1) is 34.4 Å². The summed E-state index contributed by atoms with van der Waals surface area (Å²) in [5.74, 6) is 3.18. The quantitative estimate of drug-likeness (QED) is 0.446. The lowest BCUT2D eigenvalue weighted by atomic mass is 10.1. The van der Waals surface area contributed by atoms with Gasteiger partial charge in [-0.3, -0.25) is 4.79 Å². The molecule has 2 aromatic carbocycles. The van der Waals surface area contributed by atoms with Crippen LogP contribution in [-0.2, 0) is 16.0 Å². The molecule has 0 bridgehead atoms. The van der Waals surface area contributed by atoms with E-state index >= 15 is 0 Å². The number of ether oxygens (including phenoxy) is 5. The minimum Gasteiger partial charge on any atom is -0.497 e. The summed E-state index contributed by atoms with van der Waals surface area (Å²) in [5, 5.41) is 0.905. The number of carbonyl (C=O) groups excluding carboxylic acids is 1. The molecular formula is C22H24O6S. The third-order valence-corrected chi connectivity index (χ3v) is 5.55. The predicted octanol–water partition coefficient (Wildman–Crippen LogP) is 5.22. The minimum absolute atomic E-state index is 0.226. The molecule has 1 heterocycles. The summed E-state index contributed by atoms with van der Waals surface area (Å²) in [7, 11) is 4.82. The van der Waals surface area contributed by atoms with Crippen molar-refractivity contribution in [2.75, 3.05) is 27.9 Å². The van der Waals surface area contributed by atoms with Crippen LogP contribution in [0.25, 0.3) is 10.1 Å². The molecule has 0 N–H and O–H groups in total. The second-order valence-corrected chi connectivity index (χ2v) is 7.28. The summed E-state index contributed by atoms with van der Waals surface area (Å²) >= 11 is 1.57. The minimum atomic E-state index is -0.226. The maximum absolute atomic E-state index is 11.9. The van der Waals surface area contributed by atoms with Crippen molar-refractivity contribution in [2.45, 2.75) is 19.8 Å². The molecular weight excluding hydrogens is 392 g/mol. The molecule has 0 radical (unpaired) electrons. The van der Waals surface area contributed by atoms with Gasteiger partial charge in [-0.05, 0) is 43.7 Å². The molecule has 3 rings (SSSR count). The van der Waals surface area contributed by atoms with Gasteiger partial charge in [-0.25, -0.2) is 0 Å². The number of rotatable bonds is 9. The molecule has 0 saturated heterocycles. The van der Waals surface area contributed by atoms with Crippen LogP contribution >= 0.6 is 11.3 Å². The fourth-order valence-electron chi connectivity index (χ4n) is 2.94. The summed E-state index contributed by atoms with van der Waals surface area (Å²) in [6, 6.07) is 11.2. The molecule has 3 aromatic rings. The predicted molar refractivity (Wildman–Crippen MR) is 113 cm³/mol. The number of hydrogen-bond acceptors (Lipinski definition) is 7. The topological polar surface area (TPSA) is 63.2 Å². The first kappa shape index (κ1) is 20.8. The van der Waals surface area contributed by atoms with E-state index in [0.29, 0.717) is 36.0 Å². The summed E-state index contributed by atoms with van der Waals surface area (Å²) in [6.45, 7) is 2.17. The smallest absolute Gasteiger partial charge is 0.306 e. The maximum atomic E-state index is 11.9. The lowest BCUT2D eigenvalue weighted by molar-refractivity contribution is -0.143. The van der Waals surface area contributed by atoms with Crippen molar-refractivity contribution < 1.29 is 28.5 Å². The molecule has 6 nitrogen and oxygen atoms in total. The van der Waals surface area contributed by atoms with Gasteiger partial charge in [0.1, 0.15) is 17.2 Å². The van der Waals surface area contributed by atoms with Crippen LogP contribution in [0.4, 0.5) is 0 Å². The highest BCUT2D eigenvalue weighted by Gasteiger charge is 2.19. The monoisotopic (exact) mass is 416 g/mol. The van der Waals surface area contributed by atoms with Crippen LogP contribution in [-0.4, -0.2) is 33.9 Å². The van der Waals surface area contributed by atoms with Gasteiger partial charge in [-0.2, -0.15) is 0 Å². The van der Waals surface area contributed by atoms with Crippen LogP contribution in [0.5, 0.6) is 28.7 Å². The van der Waals surface area contributed by atoms with E-state index in [-0.39, 0.29) is 12.4 Å². The lowest BCUT2D eigenvalue weighted by Gasteiger charge is -2.10. The normalized spacial score (nSPS) is 10.6. The number of benzene rings is 2. The molecule has 0 aliphatic carbocycles. The van der Waals surface area contributed by atoms with Crippen molar-refractivity contribution in [3.63, 3.8) is 0 Å². The lowest BCUT2D eigenvalue weighted by Crippen LogP contribution is -2.04. The van der Waals surface area contributed by atoms with Gasteiger partial charge < -0.3 is 23.7 Å². The Bertz CT molecular complexity index is 977. The van der Waals surface area contributed by atoms with Crippen LogP contribution in [0, 0.1) is 0 Å². The number of methoxy groups -OCH3 is 3. The molecule has 0 saturated carbocycles. The van der Waals surface area contributed by atoms with Crippen molar-refractivity contribution in [2.24, 2.45) is 0 Å². The van der Waals surface area contributed by atoms with Crippen molar-refractivity contribution in [1.29, 1.82) is 0 Å². The highest BCUT2D eigenvalue weighted by Crippen LogP contribution is 2.45. The molecule has 1 aromatic heterocycles. The zero-order valence-electron chi connectivity index (χ0n) is 16.9. The Morgan fingerprint density at radius 3 is 2.21 bits per heavy atom. The maximum Gasteiger partial charge on any atom is 0.306 e. The van der Waals surface area contributed by atoms with Gasteiger partial charge in [0, 0.05) is 21.0 Å². The molecule has 0 spiro atoms. The van der Waals surface area contributed by atoms with Crippen LogP contribution in [0.15, 0.2) is 36.4 Å². The second-order valence-electron chi connectivity index (χ2n) is 6.14. The fraction of sp³-hybridized carbons (Fsp3) is 0.318. The second kappa shape index (κ2) is 9.52. The number of esters is 1. The zero-order chi connectivity index (χ0) is 20.8. The van der Waals surface area contributed by atoms with Gasteiger partial charge in [0.15, 0.2) is 11.5 Å². The van der Waals surface area contributed by atoms with Crippen LogP contribution in [0.1, 0.15) is 18.2 Å².